The lowest BCUT2D eigenvalue weighted by Gasteiger charge is -2.31. The number of carbonyl (C=O) groups excluding carboxylic acids is 1. The van der Waals surface area contributed by atoms with Crippen LogP contribution < -0.4 is 0 Å². The number of ether oxygens (including phenoxy) is 1. The molecule has 1 heterocycles. The highest BCUT2D eigenvalue weighted by atomic mass is 16.5. The Morgan fingerprint density at radius 2 is 2.28 bits per heavy atom. The van der Waals surface area contributed by atoms with Gasteiger partial charge in [0.05, 0.1) is 17.7 Å². The second-order valence-electron chi connectivity index (χ2n) is 5.68. The lowest BCUT2D eigenvalue weighted by Crippen LogP contribution is -2.36. The molecule has 0 aliphatic heterocycles. The van der Waals surface area contributed by atoms with Crippen molar-refractivity contribution in [1.82, 2.24) is 10.2 Å². The van der Waals surface area contributed by atoms with Gasteiger partial charge in [-0.1, -0.05) is 13.8 Å². The summed E-state index contributed by atoms with van der Waals surface area (Å²) in [6.45, 7) is 8.57. The lowest BCUT2D eigenvalue weighted by atomic mass is 9.73. The van der Waals surface area contributed by atoms with Gasteiger partial charge < -0.3 is 4.74 Å². The molecule has 0 amide bonds. The fourth-order valence-electron chi connectivity index (χ4n) is 2.66. The first-order valence-corrected chi connectivity index (χ1v) is 6.71. The van der Waals surface area contributed by atoms with Crippen LogP contribution in [-0.4, -0.2) is 22.8 Å². The summed E-state index contributed by atoms with van der Waals surface area (Å²) < 4.78 is 5.21. The maximum atomic E-state index is 12.1. The molecule has 1 N–H and O–H groups in total. The number of H-pyrrole nitrogens is 1. The van der Waals surface area contributed by atoms with E-state index in [9.17, 15) is 4.79 Å². The van der Waals surface area contributed by atoms with Gasteiger partial charge in [0.1, 0.15) is 0 Å². The minimum atomic E-state index is -0.392. The zero-order valence-corrected chi connectivity index (χ0v) is 11.7. The highest BCUT2D eigenvalue weighted by molar-refractivity contribution is 5.77. The molecule has 1 aliphatic rings. The van der Waals surface area contributed by atoms with Crippen LogP contribution in [0.2, 0.25) is 0 Å². The molecule has 0 radical (unpaired) electrons. The van der Waals surface area contributed by atoms with E-state index in [0.717, 1.165) is 25.0 Å². The number of aryl methyl sites for hydroxylation is 1. The molecule has 2 rings (SSSR count). The summed E-state index contributed by atoms with van der Waals surface area (Å²) in [6, 6.07) is 0. The summed E-state index contributed by atoms with van der Waals surface area (Å²) in [7, 11) is 0. The van der Waals surface area contributed by atoms with Gasteiger partial charge in [-0.15, -0.1) is 0 Å². The third-order valence-electron chi connectivity index (χ3n) is 3.79. The molecule has 0 saturated carbocycles. The molecule has 100 valence electrons. The minimum Gasteiger partial charge on any atom is -0.466 e. The Morgan fingerprint density at radius 1 is 1.56 bits per heavy atom. The van der Waals surface area contributed by atoms with E-state index in [-0.39, 0.29) is 5.97 Å². The normalized spacial score (nSPS) is 22.9. The largest absolute Gasteiger partial charge is 0.466 e. The number of nitrogens with zero attached hydrogens (tertiary/aromatic N) is 1. The topological polar surface area (TPSA) is 55.0 Å². The van der Waals surface area contributed by atoms with Crippen molar-refractivity contribution in [1.29, 1.82) is 0 Å². The predicted octanol–water partition coefficient (Wildman–Crippen LogP) is 2.59. The monoisotopic (exact) mass is 250 g/mol. The molecule has 0 fully saturated rings. The van der Waals surface area contributed by atoms with Crippen molar-refractivity contribution in [3.63, 3.8) is 0 Å². The number of esters is 1. The number of rotatable bonds is 3. The second-order valence-corrected chi connectivity index (χ2v) is 5.68. The summed E-state index contributed by atoms with van der Waals surface area (Å²) in [4.78, 5) is 12.1. The van der Waals surface area contributed by atoms with Crippen LogP contribution in [-0.2, 0) is 22.4 Å². The van der Waals surface area contributed by atoms with Gasteiger partial charge in [-0.2, -0.15) is 5.10 Å². The van der Waals surface area contributed by atoms with Gasteiger partial charge in [0, 0.05) is 5.69 Å². The lowest BCUT2D eigenvalue weighted by molar-refractivity contribution is -0.155. The molecule has 1 aromatic heterocycles. The van der Waals surface area contributed by atoms with E-state index in [0.29, 0.717) is 12.5 Å². The molecule has 1 aromatic rings. The van der Waals surface area contributed by atoms with E-state index in [1.54, 1.807) is 0 Å². The molecule has 1 aliphatic carbocycles. The molecule has 1 atom stereocenters. The maximum absolute atomic E-state index is 12.1. The molecular weight excluding hydrogens is 228 g/mol. The smallest absolute Gasteiger partial charge is 0.312 e. The first-order chi connectivity index (χ1) is 8.48. The van der Waals surface area contributed by atoms with E-state index in [1.165, 1.54) is 11.3 Å². The first kappa shape index (κ1) is 13.1. The van der Waals surface area contributed by atoms with Gasteiger partial charge in [-0.05, 0) is 44.6 Å². The summed E-state index contributed by atoms with van der Waals surface area (Å²) in [6.07, 6.45) is 2.45. The van der Waals surface area contributed by atoms with Crippen molar-refractivity contribution >= 4 is 5.97 Å². The third kappa shape index (κ3) is 2.16. The van der Waals surface area contributed by atoms with Crippen LogP contribution >= 0.6 is 0 Å². The quantitative estimate of drug-likeness (QED) is 0.839. The van der Waals surface area contributed by atoms with Crippen LogP contribution in [0.25, 0.3) is 0 Å². The SMILES string of the molecule is CCOC(=O)C1(C)CCc2[nH]nc(C(C)C)c2C1. The van der Waals surface area contributed by atoms with Crippen molar-refractivity contribution in [3.05, 3.63) is 17.0 Å². The van der Waals surface area contributed by atoms with Crippen LogP contribution in [0.5, 0.6) is 0 Å². The van der Waals surface area contributed by atoms with E-state index < -0.39 is 5.41 Å². The Bertz CT molecular complexity index is 451. The molecule has 18 heavy (non-hydrogen) atoms. The standard InChI is InChI=1S/C14H22N2O2/c1-5-18-13(17)14(4)7-6-11-10(8-14)12(9(2)3)16-15-11/h9H,5-8H2,1-4H3,(H,15,16). The van der Waals surface area contributed by atoms with Crippen molar-refractivity contribution in [2.75, 3.05) is 6.61 Å². The van der Waals surface area contributed by atoms with Gasteiger partial charge in [-0.25, -0.2) is 0 Å². The van der Waals surface area contributed by atoms with E-state index in [1.807, 2.05) is 13.8 Å². The van der Waals surface area contributed by atoms with E-state index in [4.69, 9.17) is 4.74 Å². The average Bonchev–Trinajstić information content (AvgIpc) is 2.72. The van der Waals surface area contributed by atoms with Crippen LogP contribution in [0, 0.1) is 5.41 Å². The zero-order chi connectivity index (χ0) is 13.3. The summed E-state index contributed by atoms with van der Waals surface area (Å²) >= 11 is 0. The van der Waals surface area contributed by atoms with Crippen LogP contribution in [0.3, 0.4) is 0 Å². The molecule has 0 aromatic carbocycles. The van der Waals surface area contributed by atoms with Gasteiger partial charge in [0.25, 0.3) is 0 Å². The molecule has 0 saturated heterocycles. The molecule has 4 heteroatoms. The summed E-state index contributed by atoms with van der Waals surface area (Å²) in [5.74, 6) is 0.307. The summed E-state index contributed by atoms with van der Waals surface area (Å²) in [5.41, 5.74) is 3.13. The Kier molecular flexibility index (Phi) is 3.46. The number of hydrogen-bond acceptors (Lipinski definition) is 3. The van der Waals surface area contributed by atoms with Gasteiger partial charge in [0.15, 0.2) is 0 Å². The Hall–Kier alpha value is -1.32. The average molecular weight is 250 g/mol. The minimum absolute atomic E-state index is 0.0773. The second kappa shape index (κ2) is 4.75. The predicted molar refractivity (Wildman–Crippen MR) is 69.4 cm³/mol. The molecule has 0 spiro atoms. The number of aromatic nitrogens is 2. The number of nitrogens with one attached hydrogen (secondary N) is 1. The Balaban J connectivity index is 2.27. The van der Waals surface area contributed by atoms with Crippen LogP contribution in [0.4, 0.5) is 0 Å². The fraction of sp³-hybridized carbons (Fsp3) is 0.714. The van der Waals surface area contributed by atoms with E-state index >= 15 is 0 Å². The molecule has 4 nitrogen and oxygen atoms in total. The van der Waals surface area contributed by atoms with Gasteiger partial charge in [-0.3, -0.25) is 9.89 Å². The molecule has 0 bridgehead atoms. The van der Waals surface area contributed by atoms with Crippen molar-refractivity contribution in [3.8, 4) is 0 Å². The first-order valence-electron chi connectivity index (χ1n) is 6.71. The highest BCUT2D eigenvalue weighted by Crippen LogP contribution is 2.38. The van der Waals surface area contributed by atoms with Crippen LogP contribution in [0.15, 0.2) is 0 Å². The third-order valence-corrected chi connectivity index (χ3v) is 3.79. The fourth-order valence-corrected chi connectivity index (χ4v) is 2.66. The Morgan fingerprint density at radius 3 is 2.89 bits per heavy atom. The Labute approximate surface area is 108 Å². The number of aromatic amines is 1. The van der Waals surface area contributed by atoms with Crippen molar-refractivity contribution < 1.29 is 9.53 Å². The van der Waals surface area contributed by atoms with Crippen LogP contribution in [0.1, 0.15) is 57.0 Å². The van der Waals surface area contributed by atoms with Crippen molar-refractivity contribution in [2.45, 2.75) is 52.9 Å². The number of hydrogen-bond donors (Lipinski definition) is 1. The number of fused-ring (bicyclic) bond motifs is 1. The summed E-state index contributed by atoms with van der Waals surface area (Å²) in [5, 5.41) is 7.51. The molecule has 1 unspecified atom stereocenters. The molecular formula is C14H22N2O2. The maximum Gasteiger partial charge on any atom is 0.312 e. The van der Waals surface area contributed by atoms with Crippen molar-refractivity contribution in [2.24, 2.45) is 5.41 Å². The number of carbonyl (C=O) groups is 1. The zero-order valence-electron chi connectivity index (χ0n) is 11.7. The van der Waals surface area contributed by atoms with E-state index in [2.05, 4.69) is 24.0 Å². The van der Waals surface area contributed by atoms with Gasteiger partial charge >= 0.3 is 5.97 Å². The highest BCUT2D eigenvalue weighted by Gasteiger charge is 2.40. The van der Waals surface area contributed by atoms with Gasteiger partial charge in [0.2, 0.25) is 0 Å².